The van der Waals surface area contributed by atoms with Crippen molar-refractivity contribution in [2.75, 3.05) is 0 Å². The number of aromatic nitrogens is 3. The Morgan fingerprint density at radius 3 is 2.39 bits per heavy atom. The maximum absolute atomic E-state index is 13.3. The molecule has 2 aromatic heterocycles. The van der Waals surface area contributed by atoms with Crippen molar-refractivity contribution in [3.63, 3.8) is 0 Å². The number of thiophene rings is 1. The van der Waals surface area contributed by atoms with Crippen LogP contribution in [0.1, 0.15) is 49.4 Å². The van der Waals surface area contributed by atoms with E-state index < -0.39 is 0 Å². The van der Waals surface area contributed by atoms with Gasteiger partial charge < -0.3 is 4.90 Å². The molecule has 0 spiro atoms. The van der Waals surface area contributed by atoms with Gasteiger partial charge in [-0.2, -0.15) is 15.0 Å². The van der Waals surface area contributed by atoms with E-state index in [9.17, 15) is 4.79 Å². The Labute approximate surface area is 139 Å². The van der Waals surface area contributed by atoms with Gasteiger partial charge in [0.2, 0.25) is 5.91 Å². The van der Waals surface area contributed by atoms with Gasteiger partial charge in [-0.05, 0) is 50.0 Å². The van der Waals surface area contributed by atoms with Crippen LogP contribution in [0.25, 0.3) is 0 Å². The van der Waals surface area contributed by atoms with Crippen LogP contribution in [-0.4, -0.2) is 37.9 Å². The number of hydrogen-bond acceptors (Lipinski definition) is 4. The van der Waals surface area contributed by atoms with Gasteiger partial charge in [-0.1, -0.05) is 6.07 Å². The van der Waals surface area contributed by atoms with Crippen LogP contribution in [0.4, 0.5) is 0 Å². The summed E-state index contributed by atoms with van der Waals surface area (Å²) in [6.45, 7) is 0. The molecule has 5 nitrogen and oxygen atoms in total. The highest BCUT2D eigenvalue weighted by atomic mass is 32.1. The molecule has 0 radical (unpaired) electrons. The van der Waals surface area contributed by atoms with Gasteiger partial charge in [-0.25, -0.2) is 0 Å². The quantitative estimate of drug-likeness (QED) is 0.870. The largest absolute Gasteiger partial charge is 0.336 e. The number of carbonyl (C=O) groups excluding carboxylic acids is 1. The summed E-state index contributed by atoms with van der Waals surface area (Å²) in [7, 11) is 0. The van der Waals surface area contributed by atoms with E-state index in [-0.39, 0.29) is 5.41 Å². The average molecular weight is 328 g/mol. The first kappa shape index (κ1) is 13.7. The number of amides is 1. The maximum atomic E-state index is 13.3. The van der Waals surface area contributed by atoms with Gasteiger partial charge in [0.05, 0.1) is 23.9 Å². The summed E-state index contributed by atoms with van der Waals surface area (Å²) in [5.41, 5.74) is -0.189. The van der Waals surface area contributed by atoms with Crippen LogP contribution in [0.2, 0.25) is 0 Å². The molecule has 0 aromatic carbocycles. The summed E-state index contributed by atoms with van der Waals surface area (Å²) in [5, 5.41) is 10.7. The first-order valence-corrected chi connectivity index (χ1v) is 9.38. The molecule has 23 heavy (non-hydrogen) atoms. The van der Waals surface area contributed by atoms with Crippen molar-refractivity contribution in [1.29, 1.82) is 0 Å². The van der Waals surface area contributed by atoms with Crippen LogP contribution in [0, 0.1) is 0 Å². The van der Waals surface area contributed by atoms with E-state index in [4.69, 9.17) is 0 Å². The van der Waals surface area contributed by atoms with Gasteiger partial charge in [0.1, 0.15) is 0 Å². The van der Waals surface area contributed by atoms with Gasteiger partial charge >= 0.3 is 0 Å². The number of piperidine rings is 1. The van der Waals surface area contributed by atoms with Crippen LogP contribution in [0.15, 0.2) is 29.9 Å². The molecule has 120 valence electrons. The Kier molecular flexibility index (Phi) is 2.92. The molecule has 0 N–H and O–H groups in total. The van der Waals surface area contributed by atoms with Crippen molar-refractivity contribution in [3.8, 4) is 0 Å². The summed E-state index contributed by atoms with van der Waals surface area (Å²) in [4.78, 5) is 18.7. The third-order valence-corrected chi connectivity index (χ3v) is 6.93. The lowest BCUT2D eigenvalue weighted by Crippen LogP contribution is -2.50. The van der Waals surface area contributed by atoms with Gasteiger partial charge in [0, 0.05) is 17.0 Å². The van der Waals surface area contributed by atoms with Gasteiger partial charge in [0.25, 0.3) is 0 Å². The van der Waals surface area contributed by atoms with Crippen LogP contribution in [0.3, 0.4) is 0 Å². The first-order chi connectivity index (χ1) is 11.3. The minimum absolute atomic E-state index is 0.189. The van der Waals surface area contributed by atoms with E-state index in [1.165, 1.54) is 4.88 Å². The molecule has 2 saturated heterocycles. The van der Waals surface area contributed by atoms with Crippen molar-refractivity contribution < 1.29 is 4.79 Å². The molecular weight excluding hydrogens is 308 g/mol. The molecular formula is C17H20N4OS. The lowest BCUT2D eigenvalue weighted by molar-refractivity contribution is -0.139. The Balaban J connectivity index is 1.40. The molecule has 1 amide bonds. The molecule has 2 aliphatic heterocycles. The number of rotatable bonds is 3. The molecule has 2 bridgehead atoms. The van der Waals surface area contributed by atoms with E-state index in [1.54, 1.807) is 23.7 Å². The standard InChI is InChI=1S/C17H20N4OS/c22-16(17(5-6-17)15-2-1-9-23-15)20-12-3-4-13(20)11-14(10-12)21-18-7-8-19-21/h1-2,7-9,12-14H,3-6,10-11H2. The van der Waals surface area contributed by atoms with Crippen molar-refractivity contribution in [2.45, 2.75) is 62.1 Å². The second kappa shape index (κ2) is 4.90. The zero-order valence-corrected chi connectivity index (χ0v) is 13.8. The fourth-order valence-corrected chi connectivity index (χ4v) is 5.55. The van der Waals surface area contributed by atoms with E-state index in [1.807, 2.05) is 4.80 Å². The van der Waals surface area contributed by atoms with Crippen molar-refractivity contribution in [2.24, 2.45) is 0 Å². The van der Waals surface area contributed by atoms with Gasteiger partial charge in [-0.15, -0.1) is 11.3 Å². The summed E-state index contributed by atoms with van der Waals surface area (Å²) in [6.07, 6.45) is 9.79. The molecule has 3 fully saturated rings. The summed E-state index contributed by atoms with van der Waals surface area (Å²) < 4.78 is 0. The third-order valence-electron chi connectivity index (χ3n) is 5.86. The predicted molar refractivity (Wildman–Crippen MR) is 87.2 cm³/mol. The first-order valence-electron chi connectivity index (χ1n) is 8.50. The van der Waals surface area contributed by atoms with Crippen LogP contribution in [0.5, 0.6) is 0 Å². The smallest absolute Gasteiger partial charge is 0.234 e. The SMILES string of the molecule is O=C(N1C2CCC1CC(n1nccn1)C2)C1(c2cccs2)CC1. The fraction of sp³-hybridized carbons (Fsp3) is 0.588. The molecule has 2 aromatic rings. The topological polar surface area (TPSA) is 51.0 Å². The van der Waals surface area contributed by atoms with Crippen molar-refractivity contribution in [1.82, 2.24) is 19.9 Å². The van der Waals surface area contributed by atoms with E-state index >= 15 is 0 Å². The van der Waals surface area contributed by atoms with Crippen LogP contribution in [-0.2, 0) is 10.2 Å². The van der Waals surface area contributed by atoms with Crippen molar-refractivity contribution >= 4 is 17.2 Å². The predicted octanol–water partition coefficient (Wildman–Crippen LogP) is 2.77. The minimum Gasteiger partial charge on any atom is -0.336 e. The minimum atomic E-state index is -0.189. The zero-order chi connectivity index (χ0) is 15.4. The second-order valence-corrected chi connectivity index (χ2v) is 8.08. The molecule has 2 atom stereocenters. The molecule has 5 rings (SSSR count). The molecule has 1 saturated carbocycles. The maximum Gasteiger partial charge on any atom is 0.234 e. The van der Waals surface area contributed by atoms with Crippen molar-refractivity contribution in [3.05, 3.63) is 34.8 Å². The lowest BCUT2D eigenvalue weighted by atomic mass is 9.94. The summed E-state index contributed by atoms with van der Waals surface area (Å²) >= 11 is 1.73. The molecule has 1 aliphatic carbocycles. The lowest BCUT2D eigenvalue weighted by Gasteiger charge is -2.40. The fourth-order valence-electron chi connectivity index (χ4n) is 4.57. The molecule has 2 unspecified atom stereocenters. The number of hydrogen-bond donors (Lipinski definition) is 0. The van der Waals surface area contributed by atoms with E-state index in [2.05, 4.69) is 32.6 Å². The number of fused-ring (bicyclic) bond motifs is 2. The Bertz CT molecular complexity index is 693. The van der Waals surface area contributed by atoms with Gasteiger partial charge in [-0.3, -0.25) is 4.79 Å². The molecule has 4 heterocycles. The number of carbonyl (C=O) groups is 1. The highest BCUT2D eigenvalue weighted by Crippen LogP contribution is 2.54. The van der Waals surface area contributed by atoms with Crippen LogP contribution >= 0.6 is 11.3 Å². The van der Waals surface area contributed by atoms with E-state index in [0.717, 1.165) is 38.5 Å². The monoisotopic (exact) mass is 328 g/mol. The Morgan fingerprint density at radius 2 is 1.83 bits per heavy atom. The normalized spacial score (nSPS) is 31.3. The van der Waals surface area contributed by atoms with E-state index in [0.29, 0.717) is 24.0 Å². The Morgan fingerprint density at radius 1 is 1.13 bits per heavy atom. The summed E-state index contributed by atoms with van der Waals surface area (Å²) in [5.74, 6) is 0.388. The molecule has 3 aliphatic rings. The highest BCUT2D eigenvalue weighted by molar-refractivity contribution is 7.10. The summed E-state index contributed by atoms with van der Waals surface area (Å²) in [6, 6.07) is 5.29. The number of nitrogens with zero attached hydrogens (tertiary/aromatic N) is 4. The van der Waals surface area contributed by atoms with Gasteiger partial charge in [0.15, 0.2) is 0 Å². The second-order valence-electron chi connectivity index (χ2n) is 7.13. The third kappa shape index (κ3) is 2.00. The van der Waals surface area contributed by atoms with Crippen LogP contribution < -0.4 is 0 Å². The Hall–Kier alpha value is -1.69. The zero-order valence-electron chi connectivity index (χ0n) is 13.0. The highest BCUT2D eigenvalue weighted by Gasteiger charge is 2.57. The average Bonchev–Trinajstić information content (AvgIpc) is 2.99. The molecule has 6 heteroatoms.